The van der Waals surface area contributed by atoms with Gasteiger partial charge in [-0.1, -0.05) is 45.7 Å². The number of rotatable bonds is 5. The zero-order valence-corrected chi connectivity index (χ0v) is 20.4. The monoisotopic (exact) mass is 547 g/mol. The van der Waals surface area contributed by atoms with Gasteiger partial charge in [0.05, 0.1) is 0 Å². The number of halogens is 6. The Labute approximate surface area is 205 Å². The molecular weight excluding hydrogens is 522 g/mol. The molecule has 0 amide bonds. The molecule has 0 spiro atoms. The second kappa shape index (κ2) is 15.0. The maximum atomic E-state index is 13.0. The fraction of sp³-hybridized carbons (Fsp3) is 0.250. The van der Waals surface area contributed by atoms with Crippen molar-refractivity contribution in [2.45, 2.75) is 25.8 Å². The van der Waals surface area contributed by atoms with E-state index in [-0.39, 0.29) is 17.7 Å². The van der Waals surface area contributed by atoms with E-state index < -0.39 is 11.6 Å². The van der Waals surface area contributed by atoms with Crippen LogP contribution >= 0.6 is 27.5 Å². The first-order chi connectivity index (χ1) is 15.6. The van der Waals surface area contributed by atoms with E-state index >= 15 is 0 Å². The second-order valence-corrected chi connectivity index (χ2v) is 8.34. The highest BCUT2D eigenvalue weighted by atomic mass is 79.9. The van der Waals surface area contributed by atoms with Gasteiger partial charge in [0.2, 0.25) is 0 Å². The molecule has 0 saturated heterocycles. The SMILES string of the molecule is CC(N)c1ccc(F)cc1Cl.NCCc1ccc(Br)cc1F.NCCc1ccc(F)c(F)c1. The van der Waals surface area contributed by atoms with Crippen molar-refractivity contribution in [1.29, 1.82) is 0 Å². The molecule has 3 nitrogen and oxygen atoms in total. The molecule has 6 N–H and O–H groups in total. The Morgan fingerprint density at radius 1 is 0.818 bits per heavy atom. The summed E-state index contributed by atoms with van der Waals surface area (Å²) in [4.78, 5) is 0. The molecule has 9 heteroatoms. The first-order valence-electron chi connectivity index (χ1n) is 10.1. The minimum Gasteiger partial charge on any atom is -0.330 e. The summed E-state index contributed by atoms with van der Waals surface area (Å²) in [6, 6.07) is 12.9. The van der Waals surface area contributed by atoms with Crippen LogP contribution in [0.3, 0.4) is 0 Å². The first-order valence-corrected chi connectivity index (χ1v) is 11.2. The average molecular weight is 549 g/mol. The molecule has 33 heavy (non-hydrogen) atoms. The minimum absolute atomic E-state index is 0.150. The molecule has 0 aliphatic rings. The third-order valence-corrected chi connectivity index (χ3v) is 5.12. The predicted molar refractivity (Wildman–Crippen MR) is 130 cm³/mol. The number of benzene rings is 3. The van der Waals surface area contributed by atoms with Gasteiger partial charge in [-0.15, -0.1) is 0 Å². The zero-order chi connectivity index (χ0) is 25.0. The molecule has 3 aromatic rings. The van der Waals surface area contributed by atoms with Gasteiger partial charge < -0.3 is 17.2 Å². The van der Waals surface area contributed by atoms with Gasteiger partial charge in [0.1, 0.15) is 11.6 Å². The summed E-state index contributed by atoms with van der Waals surface area (Å²) in [5.74, 6) is -2.15. The van der Waals surface area contributed by atoms with Crippen molar-refractivity contribution >= 4 is 27.5 Å². The van der Waals surface area contributed by atoms with E-state index in [0.717, 1.165) is 21.7 Å². The summed E-state index contributed by atoms with van der Waals surface area (Å²) >= 11 is 8.88. The summed E-state index contributed by atoms with van der Waals surface area (Å²) in [6.07, 6.45) is 1.18. The molecule has 0 aliphatic carbocycles. The molecule has 3 rings (SSSR count). The van der Waals surface area contributed by atoms with E-state index in [2.05, 4.69) is 15.9 Å². The molecule has 0 aliphatic heterocycles. The molecule has 0 bridgehead atoms. The van der Waals surface area contributed by atoms with Gasteiger partial charge in [0.15, 0.2) is 11.6 Å². The van der Waals surface area contributed by atoms with Crippen molar-refractivity contribution in [3.63, 3.8) is 0 Å². The summed E-state index contributed by atoms with van der Waals surface area (Å²) in [7, 11) is 0. The van der Waals surface area contributed by atoms with Crippen LogP contribution in [0.15, 0.2) is 59.1 Å². The van der Waals surface area contributed by atoms with Crippen molar-refractivity contribution < 1.29 is 17.6 Å². The fourth-order valence-corrected chi connectivity index (χ4v) is 3.29. The van der Waals surface area contributed by atoms with Gasteiger partial charge in [-0.25, -0.2) is 17.6 Å². The Morgan fingerprint density at radius 3 is 2.00 bits per heavy atom. The first kappa shape index (κ1) is 29.1. The smallest absolute Gasteiger partial charge is 0.159 e. The van der Waals surface area contributed by atoms with Crippen LogP contribution in [-0.4, -0.2) is 13.1 Å². The lowest BCUT2D eigenvalue weighted by molar-refractivity contribution is 0.507. The normalized spacial score (nSPS) is 11.1. The third kappa shape index (κ3) is 10.7. The van der Waals surface area contributed by atoms with Gasteiger partial charge in [0.25, 0.3) is 0 Å². The van der Waals surface area contributed by atoms with Gasteiger partial charge in [-0.05, 0) is 85.9 Å². The van der Waals surface area contributed by atoms with Crippen LogP contribution in [0.1, 0.15) is 29.7 Å². The molecule has 0 heterocycles. The summed E-state index contributed by atoms with van der Waals surface area (Å²) < 4.78 is 51.0. The highest BCUT2D eigenvalue weighted by molar-refractivity contribution is 9.10. The van der Waals surface area contributed by atoms with Gasteiger partial charge >= 0.3 is 0 Å². The Balaban J connectivity index is 0.000000247. The number of nitrogens with two attached hydrogens (primary N) is 3. The fourth-order valence-electron chi connectivity index (χ4n) is 2.61. The van der Waals surface area contributed by atoms with Crippen molar-refractivity contribution in [2.24, 2.45) is 17.2 Å². The van der Waals surface area contributed by atoms with E-state index in [9.17, 15) is 17.6 Å². The van der Waals surface area contributed by atoms with E-state index in [1.807, 2.05) is 6.07 Å². The lowest BCUT2D eigenvalue weighted by Gasteiger charge is -2.06. The second-order valence-electron chi connectivity index (χ2n) is 7.02. The number of hydrogen-bond donors (Lipinski definition) is 3. The summed E-state index contributed by atoms with van der Waals surface area (Å²) in [5, 5.41) is 0.389. The zero-order valence-electron chi connectivity index (χ0n) is 18.1. The maximum Gasteiger partial charge on any atom is 0.159 e. The topological polar surface area (TPSA) is 78.1 Å². The Morgan fingerprint density at radius 2 is 1.48 bits per heavy atom. The van der Waals surface area contributed by atoms with Gasteiger partial charge in [-0.3, -0.25) is 0 Å². The molecule has 3 aromatic carbocycles. The molecule has 0 aromatic heterocycles. The van der Waals surface area contributed by atoms with E-state index in [4.69, 9.17) is 28.8 Å². The Hall–Kier alpha value is -1.97. The van der Waals surface area contributed by atoms with E-state index in [1.165, 1.54) is 30.3 Å². The average Bonchev–Trinajstić information content (AvgIpc) is 2.74. The van der Waals surface area contributed by atoms with Crippen LogP contribution in [0, 0.1) is 23.3 Å². The molecule has 0 fully saturated rings. The molecule has 1 unspecified atom stereocenters. The largest absolute Gasteiger partial charge is 0.330 e. The standard InChI is InChI=1S/C8H9BrFN.C8H9ClFN.C8H9F2N/c9-7-2-1-6(3-4-11)8(10)5-7;1-5(11)7-3-2-6(10)4-8(7)9;9-7-2-1-6(3-4-11)5-8(7)10/h1-2,5H,3-4,11H2;2-5H,11H2,1H3;1-2,5H,3-4,11H2. The van der Waals surface area contributed by atoms with Crippen LogP contribution in [0.2, 0.25) is 5.02 Å². The molecule has 0 saturated carbocycles. The lowest BCUT2D eigenvalue weighted by Crippen LogP contribution is -2.05. The highest BCUT2D eigenvalue weighted by Gasteiger charge is 2.05. The Bertz CT molecular complexity index is 1020. The third-order valence-electron chi connectivity index (χ3n) is 4.30. The number of hydrogen-bond acceptors (Lipinski definition) is 3. The summed E-state index contributed by atoms with van der Waals surface area (Å²) in [5.41, 5.74) is 18.3. The van der Waals surface area contributed by atoms with Crippen LogP contribution in [0.5, 0.6) is 0 Å². The minimum atomic E-state index is -0.814. The summed E-state index contributed by atoms with van der Waals surface area (Å²) in [6.45, 7) is 2.74. The van der Waals surface area contributed by atoms with Crippen molar-refractivity contribution in [3.05, 3.63) is 104 Å². The predicted octanol–water partition coefficient (Wildman–Crippen LogP) is 6.05. The van der Waals surface area contributed by atoms with Crippen LogP contribution in [0.25, 0.3) is 0 Å². The molecule has 1 atom stereocenters. The van der Waals surface area contributed by atoms with E-state index in [1.54, 1.807) is 19.1 Å². The van der Waals surface area contributed by atoms with Gasteiger partial charge in [0, 0.05) is 15.5 Å². The van der Waals surface area contributed by atoms with Crippen LogP contribution in [-0.2, 0) is 12.8 Å². The molecule has 0 radical (unpaired) electrons. The molecule has 180 valence electrons. The lowest BCUT2D eigenvalue weighted by atomic mass is 10.1. The van der Waals surface area contributed by atoms with E-state index in [0.29, 0.717) is 36.5 Å². The Kier molecular flexibility index (Phi) is 13.2. The van der Waals surface area contributed by atoms with Crippen LogP contribution in [0.4, 0.5) is 17.6 Å². The highest BCUT2D eigenvalue weighted by Crippen LogP contribution is 2.21. The van der Waals surface area contributed by atoms with Crippen molar-refractivity contribution in [3.8, 4) is 0 Å². The quantitative estimate of drug-likeness (QED) is 0.340. The maximum absolute atomic E-state index is 13.0. The van der Waals surface area contributed by atoms with Gasteiger partial charge in [-0.2, -0.15) is 0 Å². The van der Waals surface area contributed by atoms with Crippen LogP contribution < -0.4 is 17.2 Å². The molecular formula is C24H27BrClF4N3. The van der Waals surface area contributed by atoms with Crippen molar-refractivity contribution in [1.82, 2.24) is 0 Å². The van der Waals surface area contributed by atoms with Crippen molar-refractivity contribution in [2.75, 3.05) is 13.1 Å².